The molecule has 0 radical (unpaired) electrons. The van der Waals surface area contributed by atoms with Crippen molar-refractivity contribution < 1.29 is 0 Å². The molecule has 0 saturated carbocycles. The van der Waals surface area contributed by atoms with Gasteiger partial charge in [0.1, 0.15) is 17.5 Å². The van der Waals surface area contributed by atoms with Crippen LogP contribution in [0, 0.1) is 0 Å². The molecule has 2 unspecified atom stereocenters. The van der Waals surface area contributed by atoms with Gasteiger partial charge in [0.25, 0.3) is 0 Å². The molecule has 1 aliphatic heterocycles. The van der Waals surface area contributed by atoms with Gasteiger partial charge in [0.2, 0.25) is 0 Å². The SMILES string of the molecule is CC1CN(c2cc(N)nc(C(C)(C)C)n2)CC(C)S1. The molecule has 1 fully saturated rings. The number of aromatic nitrogens is 2. The van der Waals surface area contributed by atoms with Crippen LogP contribution in [0.1, 0.15) is 40.4 Å². The summed E-state index contributed by atoms with van der Waals surface area (Å²) < 4.78 is 0. The van der Waals surface area contributed by atoms with Crippen molar-refractivity contribution in [2.24, 2.45) is 0 Å². The van der Waals surface area contributed by atoms with Crippen molar-refractivity contribution in [2.45, 2.75) is 50.5 Å². The van der Waals surface area contributed by atoms with Gasteiger partial charge in [-0.1, -0.05) is 34.6 Å². The van der Waals surface area contributed by atoms with Crippen molar-refractivity contribution in [2.75, 3.05) is 23.7 Å². The van der Waals surface area contributed by atoms with Gasteiger partial charge < -0.3 is 10.6 Å². The molecular formula is C14H24N4S. The molecule has 1 aliphatic rings. The maximum Gasteiger partial charge on any atom is 0.138 e. The average molecular weight is 280 g/mol. The molecular weight excluding hydrogens is 256 g/mol. The standard InChI is InChI=1S/C14H24N4S/c1-9-7-18(8-10(2)19-9)12-6-11(15)16-13(17-12)14(3,4)5/h6,9-10H,7-8H2,1-5H3,(H2,15,16,17). The molecule has 19 heavy (non-hydrogen) atoms. The van der Waals surface area contributed by atoms with Crippen molar-refractivity contribution in [1.82, 2.24) is 9.97 Å². The van der Waals surface area contributed by atoms with Gasteiger partial charge in [-0.05, 0) is 0 Å². The molecule has 2 heterocycles. The number of nitrogen functional groups attached to an aromatic ring is 1. The second-order valence-corrected chi connectivity index (χ2v) is 8.27. The minimum Gasteiger partial charge on any atom is -0.384 e. The Hall–Kier alpha value is -0.970. The Morgan fingerprint density at radius 1 is 1.21 bits per heavy atom. The lowest BCUT2D eigenvalue weighted by Crippen LogP contribution is -2.41. The zero-order chi connectivity index (χ0) is 14.2. The molecule has 1 saturated heterocycles. The van der Waals surface area contributed by atoms with Gasteiger partial charge in [-0.3, -0.25) is 0 Å². The van der Waals surface area contributed by atoms with Gasteiger partial charge in [0.15, 0.2) is 0 Å². The largest absolute Gasteiger partial charge is 0.384 e. The van der Waals surface area contributed by atoms with Crippen molar-refractivity contribution >= 4 is 23.4 Å². The molecule has 106 valence electrons. The fourth-order valence-electron chi connectivity index (χ4n) is 2.31. The number of hydrogen-bond donors (Lipinski definition) is 1. The Labute approximate surface area is 120 Å². The van der Waals surface area contributed by atoms with E-state index in [2.05, 4.69) is 44.5 Å². The van der Waals surface area contributed by atoms with Gasteiger partial charge in [-0.25, -0.2) is 9.97 Å². The van der Waals surface area contributed by atoms with Crippen LogP contribution in [0.5, 0.6) is 0 Å². The third-order valence-corrected chi connectivity index (χ3v) is 4.37. The van der Waals surface area contributed by atoms with E-state index < -0.39 is 0 Å². The van der Waals surface area contributed by atoms with Crippen LogP contribution in [0.25, 0.3) is 0 Å². The summed E-state index contributed by atoms with van der Waals surface area (Å²) in [6, 6.07) is 1.89. The highest BCUT2D eigenvalue weighted by Crippen LogP contribution is 2.29. The molecule has 0 spiro atoms. The van der Waals surface area contributed by atoms with Gasteiger partial charge in [-0.15, -0.1) is 0 Å². The smallest absolute Gasteiger partial charge is 0.138 e. The summed E-state index contributed by atoms with van der Waals surface area (Å²) in [4.78, 5) is 11.4. The minimum absolute atomic E-state index is 0.0775. The monoisotopic (exact) mass is 280 g/mol. The maximum absolute atomic E-state index is 5.95. The predicted molar refractivity (Wildman–Crippen MR) is 83.9 cm³/mol. The lowest BCUT2D eigenvalue weighted by molar-refractivity contribution is 0.544. The number of anilines is 2. The Kier molecular flexibility index (Phi) is 3.95. The van der Waals surface area contributed by atoms with Crippen molar-refractivity contribution in [1.29, 1.82) is 0 Å². The van der Waals surface area contributed by atoms with Crippen molar-refractivity contribution in [3.63, 3.8) is 0 Å². The topological polar surface area (TPSA) is 55.0 Å². The van der Waals surface area contributed by atoms with Crippen LogP contribution in [0.3, 0.4) is 0 Å². The highest BCUT2D eigenvalue weighted by Gasteiger charge is 2.25. The molecule has 2 rings (SSSR count). The van der Waals surface area contributed by atoms with E-state index in [4.69, 9.17) is 10.7 Å². The first kappa shape index (κ1) is 14.4. The molecule has 0 aromatic carbocycles. The molecule has 1 aromatic rings. The quantitative estimate of drug-likeness (QED) is 0.857. The first-order chi connectivity index (χ1) is 8.75. The summed E-state index contributed by atoms with van der Waals surface area (Å²) in [6.07, 6.45) is 0. The fourth-order valence-corrected chi connectivity index (χ4v) is 3.64. The van der Waals surface area contributed by atoms with Crippen molar-refractivity contribution in [3.8, 4) is 0 Å². The molecule has 2 atom stereocenters. The van der Waals surface area contributed by atoms with Gasteiger partial charge in [0, 0.05) is 35.1 Å². The van der Waals surface area contributed by atoms with Crippen LogP contribution in [0.4, 0.5) is 11.6 Å². The minimum atomic E-state index is -0.0775. The van der Waals surface area contributed by atoms with Crippen LogP contribution in [0.15, 0.2) is 6.07 Å². The second-order valence-electron chi connectivity index (χ2n) is 6.39. The van der Waals surface area contributed by atoms with E-state index in [0.717, 1.165) is 24.7 Å². The summed E-state index contributed by atoms with van der Waals surface area (Å²) in [5.74, 6) is 2.35. The summed E-state index contributed by atoms with van der Waals surface area (Å²) in [5.41, 5.74) is 5.87. The molecule has 5 heteroatoms. The van der Waals surface area contributed by atoms with E-state index in [1.165, 1.54) is 0 Å². The number of hydrogen-bond acceptors (Lipinski definition) is 5. The number of nitrogens with two attached hydrogens (primary N) is 1. The van der Waals surface area contributed by atoms with Gasteiger partial charge in [0.05, 0.1) is 0 Å². The number of thioether (sulfide) groups is 1. The summed E-state index contributed by atoms with van der Waals surface area (Å²) in [7, 11) is 0. The van der Waals surface area contributed by atoms with Crippen molar-refractivity contribution in [3.05, 3.63) is 11.9 Å². The highest BCUT2D eigenvalue weighted by molar-refractivity contribution is 8.00. The van der Waals surface area contributed by atoms with E-state index >= 15 is 0 Å². The van der Waals surface area contributed by atoms with Crippen LogP contribution in [-0.2, 0) is 5.41 Å². The first-order valence-corrected chi connectivity index (χ1v) is 7.75. The fraction of sp³-hybridized carbons (Fsp3) is 0.714. The third-order valence-electron chi connectivity index (χ3n) is 3.15. The first-order valence-electron chi connectivity index (χ1n) is 6.81. The summed E-state index contributed by atoms with van der Waals surface area (Å²) in [5, 5.41) is 1.25. The Bertz CT molecular complexity index is 445. The van der Waals surface area contributed by atoms with Crippen LogP contribution < -0.4 is 10.6 Å². The second kappa shape index (κ2) is 5.19. The van der Waals surface area contributed by atoms with E-state index in [-0.39, 0.29) is 5.41 Å². The summed E-state index contributed by atoms with van der Waals surface area (Å²) >= 11 is 2.04. The molecule has 0 bridgehead atoms. The number of rotatable bonds is 1. The van der Waals surface area contributed by atoms with Crippen LogP contribution in [-0.4, -0.2) is 33.6 Å². The summed E-state index contributed by atoms with van der Waals surface area (Å²) in [6.45, 7) is 12.9. The zero-order valence-electron chi connectivity index (χ0n) is 12.5. The molecule has 4 nitrogen and oxygen atoms in total. The van der Waals surface area contributed by atoms with E-state index in [0.29, 0.717) is 16.3 Å². The van der Waals surface area contributed by atoms with Gasteiger partial charge in [-0.2, -0.15) is 11.8 Å². The highest BCUT2D eigenvalue weighted by atomic mass is 32.2. The molecule has 0 amide bonds. The van der Waals surface area contributed by atoms with Crippen LogP contribution in [0.2, 0.25) is 0 Å². The number of nitrogens with zero attached hydrogens (tertiary/aromatic N) is 3. The maximum atomic E-state index is 5.95. The molecule has 2 N–H and O–H groups in total. The normalized spacial score (nSPS) is 24.6. The Morgan fingerprint density at radius 2 is 1.79 bits per heavy atom. The Balaban J connectivity index is 2.31. The third kappa shape index (κ3) is 3.53. The van der Waals surface area contributed by atoms with E-state index in [1.54, 1.807) is 0 Å². The van der Waals surface area contributed by atoms with E-state index in [9.17, 15) is 0 Å². The van der Waals surface area contributed by atoms with Gasteiger partial charge >= 0.3 is 0 Å². The van der Waals surface area contributed by atoms with Crippen LogP contribution >= 0.6 is 11.8 Å². The molecule has 0 aliphatic carbocycles. The lowest BCUT2D eigenvalue weighted by Gasteiger charge is -2.35. The Morgan fingerprint density at radius 3 is 2.32 bits per heavy atom. The molecule has 1 aromatic heterocycles. The lowest BCUT2D eigenvalue weighted by atomic mass is 9.96. The average Bonchev–Trinajstić information content (AvgIpc) is 2.25. The van der Waals surface area contributed by atoms with E-state index in [1.807, 2.05) is 17.8 Å². The zero-order valence-corrected chi connectivity index (χ0v) is 13.3. The predicted octanol–water partition coefficient (Wildman–Crippen LogP) is 2.69.